The summed E-state index contributed by atoms with van der Waals surface area (Å²) >= 11 is 0. The van der Waals surface area contributed by atoms with Crippen molar-refractivity contribution in [2.24, 2.45) is 0 Å². The Morgan fingerprint density at radius 3 is 2.35 bits per heavy atom. The summed E-state index contributed by atoms with van der Waals surface area (Å²) < 4.78 is 0. The van der Waals surface area contributed by atoms with E-state index in [1.54, 1.807) is 0 Å². The van der Waals surface area contributed by atoms with E-state index in [1.165, 1.54) is 12.8 Å². The van der Waals surface area contributed by atoms with Gasteiger partial charge in [-0.25, -0.2) is 0 Å². The summed E-state index contributed by atoms with van der Waals surface area (Å²) in [6.45, 7) is 3.92. The molecule has 1 aliphatic heterocycles. The molecule has 1 saturated heterocycles. The highest BCUT2D eigenvalue weighted by Crippen LogP contribution is 2.28. The van der Waals surface area contributed by atoms with E-state index in [9.17, 15) is 9.59 Å². The van der Waals surface area contributed by atoms with Crippen molar-refractivity contribution < 1.29 is 9.59 Å². The molecular formula is C13H22N2O2. The van der Waals surface area contributed by atoms with Crippen LogP contribution in [0.4, 0.5) is 0 Å². The first-order chi connectivity index (χ1) is 8.19. The number of nitrogens with zero attached hydrogens (tertiary/aromatic N) is 1. The molecule has 0 aromatic heterocycles. The maximum absolute atomic E-state index is 12.4. The molecule has 1 N–H and O–H groups in total. The van der Waals surface area contributed by atoms with E-state index in [0.717, 1.165) is 12.8 Å². The molecule has 0 aromatic rings. The maximum atomic E-state index is 12.4. The molecule has 2 atom stereocenters. The molecule has 0 bridgehead atoms. The molecular weight excluding hydrogens is 216 g/mol. The lowest BCUT2D eigenvalue weighted by Gasteiger charge is -2.42. The third kappa shape index (κ3) is 2.17. The Morgan fingerprint density at radius 1 is 1.18 bits per heavy atom. The van der Waals surface area contributed by atoms with Crippen molar-refractivity contribution in [1.82, 2.24) is 10.2 Å². The molecule has 17 heavy (non-hydrogen) atoms. The normalized spacial score (nSPS) is 30.8. The van der Waals surface area contributed by atoms with Crippen molar-refractivity contribution in [3.8, 4) is 0 Å². The zero-order valence-corrected chi connectivity index (χ0v) is 10.7. The van der Waals surface area contributed by atoms with Crippen LogP contribution in [0, 0.1) is 0 Å². The van der Waals surface area contributed by atoms with Crippen LogP contribution in [0.5, 0.6) is 0 Å². The first kappa shape index (κ1) is 12.4. The number of piperazine rings is 1. The Kier molecular flexibility index (Phi) is 3.69. The van der Waals surface area contributed by atoms with Gasteiger partial charge >= 0.3 is 0 Å². The number of amides is 2. The third-order valence-electron chi connectivity index (χ3n) is 4.02. The number of nitrogens with one attached hydrogen (secondary N) is 1. The van der Waals surface area contributed by atoms with Gasteiger partial charge < -0.3 is 10.2 Å². The molecule has 4 nitrogen and oxygen atoms in total. The summed E-state index contributed by atoms with van der Waals surface area (Å²) in [5, 5.41) is 2.84. The van der Waals surface area contributed by atoms with Crippen LogP contribution < -0.4 is 5.32 Å². The standard InChI is InChI=1S/C13H22N2O2/c1-3-10-13(17)15(9-7-5-6-8-9)11(4-2)12(16)14-10/h9-11H,3-8H2,1-2H3,(H,14,16). The van der Waals surface area contributed by atoms with Crippen molar-refractivity contribution in [1.29, 1.82) is 0 Å². The van der Waals surface area contributed by atoms with Crippen LogP contribution in [0.3, 0.4) is 0 Å². The second-order valence-corrected chi connectivity index (χ2v) is 5.08. The summed E-state index contributed by atoms with van der Waals surface area (Å²) in [7, 11) is 0. The average molecular weight is 238 g/mol. The van der Waals surface area contributed by atoms with Crippen LogP contribution in [-0.4, -0.2) is 34.8 Å². The molecule has 2 unspecified atom stereocenters. The lowest BCUT2D eigenvalue weighted by molar-refractivity contribution is -0.152. The molecule has 4 heteroatoms. The molecule has 2 amide bonds. The smallest absolute Gasteiger partial charge is 0.246 e. The Bertz CT molecular complexity index is 311. The Morgan fingerprint density at radius 2 is 1.82 bits per heavy atom. The minimum absolute atomic E-state index is 0.0332. The highest BCUT2D eigenvalue weighted by molar-refractivity contribution is 5.97. The van der Waals surface area contributed by atoms with Gasteiger partial charge in [0.2, 0.25) is 11.8 Å². The first-order valence-electron chi connectivity index (χ1n) is 6.81. The third-order valence-corrected chi connectivity index (χ3v) is 4.02. The molecule has 1 heterocycles. The second kappa shape index (κ2) is 5.07. The van der Waals surface area contributed by atoms with Crippen molar-refractivity contribution in [2.75, 3.05) is 0 Å². The summed E-state index contributed by atoms with van der Waals surface area (Å²) in [6.07, 6.45) is 5.89. The summed E-state index contributed by atoms with van der Waals surface area (Å²) in [5.41, 5.74) is 0. The van der Waals surface area contributed by atoms with Gasteiger partial charge in [0.05, 0.1) is 0 Å². The predicted molar refractivity (Wildman–Crippen MR) is 65.4 cm³/mol. The van der Waals surface area contributed by atoms with E-state index < -0.39 is 0 Å². The van der Waals surface area contributed by atoms with E-state index in [1.807, 2.05) is 18.7 Å². The van der Waals surface area contributed by atoms with E-state index in [4.69, 9.17) is 0 Å². The number of rotatable bonds is 3. The Labute approximate surface area is 103 Å². The molecule has 2 fully saturated rings. The van der Waals surface area contributed by atoms with Gasteiger partial charge in [0.25, 0.3) is 0 Å². The van der Waals surface area contributed by atoms with Gasteiger partial charge in [-0.15, -0.1) is 0 Å². The number of hydrogen-bond donors (Lipinski definition) is 1. The maximum Gasteiger partial charge on any atom is 0.246 e. The highest BCUT2D eigenvalue weighted by Gasteiger charge is 2.42. The highest BCUT2D eigenvalue weighted by atomic mass is 16.2. The van der Waals surface area contributed by atoms with Gasteiger partial charge in [0, 0.05) is 6.04 Å². The number of carbonyl (C=O) groups is 2. The van der Waals surface area contributed by atoms with Crippen molar-refractivity contribution in [2.45, 2.75) is 70.5 Å². The molecule has 96 valence electrons. The van der Waals surface area contributed by atoms with Crippen LogP contribution in [0.1, 0.15) is 52.4 Å². The fraction of sp³-hybridized carbons (Fsp3) is 0.846. The SMILES string of the molecule is CCC1NC(=O)C(CC)N(C2CCCC2)C1=O. The van der Waals surface area contributed by atoms with Crippen molar-refractivity contribution in [3.05, 3.63) is 0 Å². The van der Waals surface area contributed by atoms with Gasteiger partial charge in [0.1, 0.15) is 12.1 Å². The molecule has 0 radical (unpaired) electrons. The lowest BCUT2D eigenvalue weighted by atomic mass is 10.00. The molecule has 1 saturated carbocycles. The minimum Gasteiger partial charge on any atom is -0.343 e. The summed E-state index contributed by atoms with van der Waals surface area (Å²) in [6, 6.07) is -0.244. The van der Waals surface area contributed by atoms with E-state index in [-0.39, 0.29) is 23.9 Å². The fourth-order valence-corrected chi connectivity index (χ4v) is 3.07. The quantitative estimate of drug-likeness (QED) is 0.809. The molecule has 2 rings (SSSR count). The molecule has 1 aliphatic carbocycles. The minimum atomic E-state index is -0.300. The van der Waals surface area contributed by atoms with Gasteiger partial charge in [-0.2, -0.15) is 0 Å². The largest absolute Gasteiger partial charge is 0.343 e. The van der Waals surface area contributed by atoms with Crippen LogP contribution >= 0.6 is 0 Å². The van der Waals surface area contributed by atoms with Crippen LogP contribution in [-0.2, 0) is 9.59 Å². The molecule has 2 aliphatic rings. The van der Waals surface area contributed by atoms with E-state index in [2.05, 4.69) is 5.32 Å². The van der Waals surface area contributed by atoms with Gasteiger partial charge in [-0.3, -0.25) is 9.59 Å². The van der Waals surface area contributed by atoms with Gasteiger partial charge in [-0.1, -0.05) is 26.7 Å². The molecule has 0 aromatic carbocycles. The van der Waals surface area contributed by atoms with Crippen LogP contribution in [0.25, 0.3) is 0 Å². The van der Waals surface area contributed by atoms with Gasteiger partial charge in [-0.05, 0) is 25.7 Å². The van der Waals surface area contributed by atoms with E-state index in [0.29, 0.717) is 18.9 Å². The van der Waals surface area contributed by atoms with E-state index >= 15 is 0 Å². The monoisotopic (exact) mass is 238 g/mol. The number of carbonyl (C=O) groups excluding carboxylic acids is 2. The van der Waals surface area contributed by atoms with Crippen molar-refractivity contribution >= 4 is 11.8 Å². The fourth-order valence-electron chi connectivity index (χ4n) is 3.07. The zero-order valence-electron chi connectivity index (χ0n) is 10.7. The van der Waals surface area contributed by atoms with Gasteiger partial charge in [0.15, 0.2) is 0 Å². The second-order valence-electron chi connectivity index (χ2n) is 5.08. The van der Waals surface area contributed by atoms with Crippen LogP contribution in [0.15, 0.2) is 0 Å². The predicted octanol–water partition coefficient (Wildman–Crippen LogP) is 1.44. The Hall–Kier alpha value is -1.06. The average Bonchev–Trinajstić information content (AvgIpc) is 2.84. The molecule has 0 spiro atoms. The lowest BCUT2D eigenvalue weighted by Crippen LogP contribution is -2.65. The van der Waals surface area contributed by atoms with Crippen LogP contribution in [0.2, 0.25) is 0 Å². The summed E-state index contributed by atoms with van der Waals surface area (Å²) in [4.78, 5) is 26.3. The summed E-state index contributed by atoms with van der Waals surface area (Å²) in [5.74, 6) is 0.164. The topological polar surface area (TPSA) is 49.4 Å². The Balaban J connectivity index is 2.21. The number of hydrogen-bond acceptors (Lipinski definition) is 2. The van der Waals surface area contributed by atoms with Crippen molar-refractivity contribution in [3.63, 3.8) is 0 Å². The first-order valence-corrected chi connectivity index (χ1v) is 6.81. The zero-order chi connectivity index (χ0) is 12.4.